The van der Waals surface area contributed by atoms with E-state index in [9.17, 15) is 0 Å². The van der Waals surface area contributed by atoms with E-state index in [-0.39, 0.29) is 0 Å². The van der Waals surface area contributed by atoms with Gasteiger partial charge in [-0.2, -0.15) is 15.1 Å². The summed E-state index contributed by atoms with van der Waals surface area (Å²) in [6.45, 7) is 4.48. The Morgan fingerprint density at radius 3 is 2.86 bits per heavy atom. The third kappa shape index (κ3) is 3.24. The van der Waals surface area contributed by atoms with Crippen LogP contribution >= 0.6 is 0 Å². The van der Waals surface area contributed by atoms with E-state index in [1.54, 1.807) is 10.9 Å². The van der Waals surface area contributed by atoms with Gasteiger partial charge in [0, 0.05) is 13.6 Å². The van der Waals surface area contributed by atoms with E-state index in [0.717, 1.165) is 30.5 Å². The lowest BCUT2D eigenvalue weighted by atomic mass is 10.1. The molecule has 0 aromatic carbocycles. The van der Waals surface area contributed by atoms with Gasteiger partial charge in [0.25, 0.3) is 0 Å². The number of nitrogens with one attached hydrogen (secondary N) is 1. The number of aryl methyl sites for hydroxylation is 1. The molecule has 0 amide bonds. The highest BCUT2D eigenvalue weighted by Crippen LogP contribution is 2.18. The molecule has 2 aromatic heterocycles. The Morgan fingerprint density at radius 1 is 1.24 bits per heavy atom. The predicted octanol–water partition coefficient (Wildman–Crippen LogP) is 1.23. The first-order valence-electron chi connectivity index (χ1n) is 7.65. The fourth-order valence-electron chi connectivity index (χ4n) is 2.81. The molecule has 1 aliphatic rings. The van der Waals surface area contributed by atoms with E-state index in [4.69, 9.17) is 5.73 Å². The van der Waals surface area contributed by atoms with Crippen LogP contribution in [0.3, 0.4) is 0 Å². The van der Waals surface area contributed by atoms with Gasteiger partial charge < -0.3 is 16.0 Å². The molecule has 1 saturated heterocycles. The van der Waals surface area contributed by atoms with Gasteiger partial charge in [-0.3, -0.25) is 4.68 Å². The second kappa shape index (κ2) is 6.26. The van der Waals surface area contributed by atoms with Crippen LogP contribution in [0.2, 0.25) is 0 Å². The lowest BCUT2D eigenvalue weighted by Crippen LogP contribution is -2.31. The number of nitrogens with two attached hydrogens (primary N) is 1. The molecule has 0 radical (unpaired) electrons. The zero-order chi connectivity index (χ0) is 14.7. The van der Waals surface area contributed by atoms with Gasteiger partial charge in [0.1, 0.15) is 5.82 Å². The Morgan fingerprint density at radius 2 is 2.05 bits per heavy atom. The van der Waals surface area contributed by atoms with Crippen LogP contribution in [0.4, 0.5) is 11.8 Å². The number of piperidine rings is 1. The fraction of sp³-hybridized carbons (Fsp3) is 0.643. The van der Waals surface area contributed by atoms with Gasteiger partial charge in [-0.15, -0.1) is 0 Å². The van der Waals surface area contributed by atoms with Crippen molar-refractivity contribution in [3.63, 3.8) is 0 Å². The van der Waals surface area contributed by atoms with Crippen molar-refractivity contribution in [3.05, 3.63) is 6.20 Å². The number of hydrogen-bond acceptors (Lipinski definition) is 6. The van der Waals surface area contributed by atoms with Crippen LogP contribution in [-0.2, 0) is 7.05 Å². The van der Waals surface area contributed by atoms with Gasteiger partial charge in [-0.25, -0.2) is 0 Å². The Hall–Kier alpha value is -1.89. The molecular formula is C14H23N7. The molecule has 1 fully saturated rings. The summed E-state index contributed by atoms with van der Waals surface area (Å²) in [5.41, 5.74) is 6.70. The van der Waals surface area contributed by atoms with Gasteiger partial charge >= 0.3 is 0 Å². The van der Waals surface area contributed by atoms with Crippen molar-refractivity contribution in [1.29, 1.82) is 0 Å². The zero-order valence-electron chi connectivity index (χ0n) is 12.5. The Bertz CT molecular complexity index is 601. The van der Waals surface area contributed by atoms with Crippen LogP contribution in [0.5, 0.6) is 0 Å². The normalized spacial score (nSPS) is 16.4. The molecule has 0 saturated carbocycles. The van der Waals surface area contributed by atoms with Crippen molar-refractivity contribution >= 4 is 22.8 Å². The average molecular weight is 289 g/mol. The second-order valence-electron chi connectivity index (χ2n) is 5.62. The molecule has 7 nitrogen and oxygen atoms in total. The minimum absolute atomic E-state index is 0.478. The second-order valence-corrected chi connectivity index (χ2v) is 5.62. The Labute approximate surface area is 124 Å². The molecule has 0 bridgehead atoms. The van der Waals surface area contributed by atoms with E-state index >= 15 is 0 Å². The summed E-state index contributed by atoms with van der Waals surface area (Å²) < 4.78 is 1.71. The summed E-state index contributed by atoms with van der Waals surface area (Å²) in [6, 6.07) is 0. The third-order valence-corrected chi connectivity index (χ3v) is 4.00. The quantitative estimate of drug-likeness (QED) is 0.805. The summed E-state index contributed by atoms with van der Waals surface area (Å²) >= 11 is 0. The van der Waals surface area contributed by atoms with Crippen molar-refractivity contribution in [1.82, 2.24) is 24.6 Å². The van der Waals surface area contributed by atoms with Crippen molar-refractivity contribution in [2.24, 2.45) is 7.05 Å². The number of nitrogen functional groups attached to an aromatic ring is 1. The van der Waals surface area contributed by atoms with Gasteiger partial charge in [0.05, 0.1) is 11.6 Å². The van der Waals surface area contributed by atoms with Crippen LogP contribution in [0, 0.1) is 0 Å². The molecule has 2 aromatic rings. The largest absolute Gasteiger partial charge is 0.383 e. The number of rotatable bonds is 5. The minimum atomic E-state index is 0.478. The van der Waals surface area contributed by atoms with Crippen LogP contribution in [0.1, 0.15) is 25.7 Å². The lowest BCUT2D eigenvalue weighted by Gasteiger charge is -2.26. The van der Waals surface area contributed by atoms with Crippen molar-refractivity contribution in [2.75, 3.05) is 37.2 Å². The lowest BCUT2D eigenvalue weighted by molar-refractivity contribution is 0.228. The number of aromatic nitrogens is 4. The molecule has 0 unspecified atom stereocenters. The molecule has 1 aliphatic heterocycles. The van der Waals surface area contributed by atoms with Crippen molar-refractivity contribution in [3.8, 4) is 0 Å². The smallest absolute Gasteiger partial charge is 0.226 e. The maximum Gasteiger partial charge on any atom is 0.226 e. The number of likely N-dealkylation sites (tertiary alicyclic amines) is 1. The van der Waals surface area contributed by atoms with Gasteiger partial charge in [0.2, 0.25) is 5.95 Å². The van der Waals surface area contributed by atoms with E-state index in [0.29, 0.717) is 11.8 Å². The van der Waals surface area contributed by atoms with Crippen molar-refractivity contribution in [2.45, 2.75) is 25.7 Å². The first-order chi connectivity index (χ1) is 10.2. The van der Waals surface area contributed by atoms with Crippen LogP contribution in [-0.4, -0.2) is 50.8 Å². The molecule has 21 heavy (non-hydrogen) atoms. The number of fused-ring (bicyclic) bond motifs is 1. The summed E-state index contributed by atoms with van der Waals surface area (Å²) in [5.74, 6) is 1.06. The standard InChI is InChI=1S/C14H23N7/c1-20-13-11(10-17-20)12(15)18-14(19-13)16-6-5-9-21-7-3-2-4-8-21/h10H,2-9H2,1H3,(H3,15,16,18,19). The topological polar surface area (TPSA) is 84.9 Å². The number of hydrogen-bond donors (Lipinski definition) is 2. The monoisotopic (exact) mass is 289 g/mol. The maximum absolute atomic E-state index is 5.94. The van der Waals surface area contributed by atoms with Crippen LogP contribution < -0.4 is 11.1 Å². The molecule has 7 heteroatoms. The molecule has 0 atom stereocenters. The Kier molecular flexibility index (Phi) is 4.19. The number of anilines is 2. The van der Waals surface area contributed by atoms with E-state index in [1.165, 1.54) is 32.4 Å². The van der Waals surface area contributed by atoms with E-state index in [2.05, 4.69) is 25.3 Å². The first-order valence-corrected chi connectivity index (χ1v) is 7.65. The van der Waals surface area contributed by atoms with E-state index < -0.39 is 0 Å². The van der Waals surface area contributed by atoms with Gasteiger partial charge in [-0.1, -0.05) is 6.42 Å². The molecule has 3 rings (SSSR count). The molecule has 114 valence electrons. The summed E-state index contributed by atoms with van der Waals surface area (Å²) in [6.07, 6.45) is 6.85. The summed E-state index contributed by atoms with van der Waals surface area (Å²) in [5, 5.41) is 8.22. The summed E-state index contributed by atoms with van der Waals surface area (Å²) in [4.78, 5) is 11.3. The molecule has 0 spiro atoms. The molecule has 3 heterocycles. The third-order valence-electron chi connectivity index (χ3n) is 4.00. The highest BCUT2D eigenvalue weighted by atomic mass is 15.3. The van der Waals surface area contributed by atoms with Crippen LogP contribution in [0.25, 0.3) is 11.0 Å². The van der Waals surface area contributed by atoms with Gasteiger partial charge in [0.15, 0.2) is 5.65 Å². The van der Waals surface area contributed by atoms with Crippen LogP contribution in [0.15, 0.2) is 6.20 Å². The predicted molar refractivity (Wildman–Crippen MR) is 84.1 cm³/mol. The molecular weight excluding hydrogens is 266 g/mol. The first kappa shape index (κ1) is 14.1. The SMILES string of the molecule is Cn1ncc2c(N)nc(NCCCN3CCCCC3)nc21. The summed E-state index contributed by atoms with van der Waals surface area (Å²) in [7, 11) is 1.86. The highest BCUT2D eigenvalue weighted by molar-refractivity contribution is 5.86. The fourth-order valence-corrected chi connectivity index (χ4v) is 2.81. The molecule has 3 N–H and O–H groups in total. The van der Waals surface area contributed by atoms with E-state index in [1.807, 2.05) is 7.05 Å². The zero-order valence-corrected chi connectivity index (χ0v) is 12.5. The van der Waals surface area contributed by atoms with Gasteiger partial charge in [-0.05, 0) is 38.9 Å². The number of nitrogens with zero attached hydrogens (tertiary/aromatic N) is 5. The highest BCUT2D eigenvalue weighted by Gasteiger charge is 2.10. The molecule has 0 aliphatic carbocycles. The Balaban J connectivity index is 1.54. The maximum atomic E-state index is 5.94. The average Bonchev–Trinajstić information content (AvgIpc) is 2.87. The minimum Gasteiger partial charge on any atom is -0.383 e. The van der Waals surface area contributed by atoms with Crippen molar-refractivity contribution < 1.29 is 0 Å².